The molecule has 3 N–H and O–H groups in total. The van der Waals surface area contributed by atoms with Gasteiger partial charge in [-0.2, -0.15) is 0 Å². The van der Waals surface area contributed by atoms with Gasteiger partial charge in [0.25, 0.3) is 0 Å². The number of nitrogens with two attached hydrogens (primary N) is 1. The topological polar surface area (TPSA) is 64.3 Å². The van der Waals surface area contributed by atoms with Crippen molar-refractivity contribution in [3.8, 4) is 0 Å². The summed E-state index contributed by atoms with van der Waals surface area (Å²) in [4.78, 5) is 11.7. The minimum atomic E-state index is -0.362. The number of hydrogen-bond donors (Lipinski definition) is 2. The molecular formula is C14H19ClN2O2. The first kappa shape index (κ1) is 14.2. The number of rotatable bonds is 3. The Morgan fingerprint density at radius 3 is 2.95 bits per heavy atom. The molecule has 0 aromatic heterocycles. The summed E-state index contributed by atoms with van der Waals surface area (Å²) >= 11 is 5.99. The first-order chi connectivity index (χ1) is 9.10. The van der Waals surface area contributed by atoms with Gasteiger partial charge < -0.3 is 15.8 Å². The predicted molar refractivity (Wildman–Crippen MR) is 76.6 cm³/mol. The molecule has 2 atom stereocenters. The lowest BCUT2D eigenvalue weighted by molar-refractivity contribution is 0.0602. The molecular weight excluding hydrogens is 264 g/mol. The van der Waals surface area contributed by atoms with Crippen molar-refractivity contribution in [2.45, 2.75) is 37.8 Å². The van der Waals surface area contributed by atoms with Crippen LogP contribution in [0.2, 0.25) is 5.02 Å². The number of methoxy groups -OCH3 is 1. The Hall–Kier alpha value is -1.26. The molecule has 0 radical (unpaired) electrons. The van der Waals surface area contributed by atoms with Gasteiger partial charge in [0.15, 0.2) is 0 Å². The van der Waals surface area contributed by atoms with Gasteiger partial charge in [0.05, 0.1) is 18.4 Å². The number of halogens is 1. The molecule has 0 amide bonds. The molecule has 2 unspecified atom stereocenters. The molecule has 4 nitrogen and oxygen atoms in total. The smallest absolute Gasteiger partial charge is 0.339 e. The van der Waals surface area contributed by atoms with E-state index in [2.05, 4.69) is 5.32 Å². The summed E-state index contributed by atoms with van der Waals surface area (Å²) < 4.78 is 4.78. The van der Waals surface area contributed by atoms with Crippen molar-refractivity contribution in [2.75, 3.05) is 12.4 Å². The Bertz CT molecular complexity index is 465. The molecule has 0 heterocycles. The Morgan fingerprint density at radius 2 is 2.26 bits per heavy atom. The van der Waals surface area contributed by atoms with Crippen LogP contribution in [-0.4, -0.2) is 25.2 Å². The van der Waals surface area contributed by atoms with E-state index in [1.54, 1.807) is 18.2 Å². The fourth-order valence-corrected chi connectivity index (χ4v) is 2.67. The van der Waals surface area contributed by atoms with Crippen LogP contribution >= 0.6 is 11.6 Å². The number of anilines is 1. The lowest BCUT2D eigenvalue weighted by Crippen LogP contribution is -2.35. The van der Waals surface area contributed by atoms with Crippen molar-refractivity contribution in [3.05, 3.63) is 28.8 Å². The monoisotopic (exact) mass is 282 g/mol. The third kappa shape index (κ3) is 3.61. The van der Waals surface area contributed by atoms with Gasteiger partial charge in [0, 0.05) is 17.1 Å². The predicted octanol–water partition coefficient (Wildman–Crippen LogP) is 2.81. The fraction of sp³-hybridized carbons (Fsp3) is 0.500. The Kier molecular flexibility index (Phi) is 4.66. The molecule has 1 saturated carbocycles. The summed E-state index contributed by atoms with van der Waals surface area (Å²) in [5.41, 5.74) is 7.20. The highest BCUT2D eigenvalue weighted by Gasteiger charge is 2.21. The zero-order valence-electron chi connectivity index (χ0n) is 11.0. The molecule has 104 valence electrons. The van der Waals surface area contributed by atoms with Crippen LogP contribution in [0.25, 0.3) is 0 Å². The molecule has 0 saturated heterocycles. The first-order valence-corrected chi connectivity index (χ1v) is 6.88. The minimum absolute atomic E-state index is 0.229. The molecule has 19 heavy (non-hydrogen) atoms. The molecule has 1 aliphatic carbocycles. The summed E-state index contributed by atoms with van der Waals surface area (Å²) in [5, 5.41) is 3.96. The highest BCUT2D eigenvalue weighted by Crippen LogP contribution is 2.26. The third-order valence-corrected chi connectivity index (χ3v) is 3.70. The van der Waals surface area contributed by atoms with E-state index in [4.69, 9.17) is 22.1 Å². The maximum absolute atomic E-state index is 11.7. The fourth-order valence-electron chi connectivity index (χ4n) is 2.50. The minimum Gasteiger partial charge on any atom is -0.465 e. The summed E-state index contributed by atoms with van der Waals surface area (Å²) in [5.74, 6) is -0.362. The SMILES string of the molecule is COC(=O)c1ccc(Cl)cc1NC1CCCC(N)C1. The molecule has 1 fully saturated rings. The van der Waals surface area contributed by atoms with Crippen LogP contribution in [0, 0.1) is 0 Å². The first-order valence-electron chi connectivity index (χ1n) is 6.50. The van der Waals surface area contributed by atoms with E-state index in [0.29, 0.717) is 10.6 Å². The highest BCUT2D eigenvalue weighted by molar-refractivity contribution is 6.31. The van der Waals surface area contributed by atoms with Crippen molar-refractivity contribution in [1.82, 2.24) is 0 Å². The number of nitrogens with one attached hydrogen (secondary N) is 1. The van der Waals surface area contributed by atoms with Crippen molar-refractivity contribution < 1.29 is 9.53 Å². The summed E-state index contributed by atoms with van der Waals surface area (Å²) in [7, 11) is 1.37. The maximum atomic E-state index is 11.7. The van der Waals surface area contributed by atoms with E-state index >= 15 is 0 Å². The van der Waals surface area contributed by atoms with Gasteiger partial charge in [-0.25, -0.2) is 4.79 Å². The highest BCUT2D eigenvalue weighted by atomic mass is 35.5. The zero-order valence-corrected chi connectivity index (χ0v) is 11.7. The van der Waals surface area contributed by atoms with Crippen LogP contribution in [0.15, 0.2) is 18.2 Å². The van der Waals surface area contributed by atoms with E-state index in [1.807, 2.05) is 0 Å². The van der Waals surface area contributed by atoms with Gasteiger partial charge in [0.2, 0.25) is 0 Å². The van der Waals surface area contributed by atoms with Crippen LogP contribution in [0.4, 0.5) is 5.69 Å². The summed E-state index contributed by atoms with van der Waals surface area (Å²) in [6.45, 7) is 0. The number of carbonyl (C=O) groups excluding carboxylic acids is 1. The van der Waals surface area contributed by atoms with Crippen LogP contribution in [0.5, 0.6) is 0 Å². The zero-order chi connectivity index (χ0) is 13.8. The second-order valence-corrected chi connectivity index (χ2v) is 5.39. The average Bonchev–Trinajstić information content (AvgIpc) is 2.38. The van der Waals surface area contributed by atoms with Crippen LogP contribution in [0.3, 0.4) is 0 Å². The van der Waals surface area contributed by atoms with E-state index < -0.39 is 0 Å². The molecule has 0 bridgehead atoms. The van der Waals surface area contributed by atoms with Crippen molar-refractivity contribution in [2.24, 2.45) is 5.73 Å². The lowest BCUT2D eigenvalue weighted by atomic mass is 9.91. The normalized spacial score (nSPS) is 22.9. The Morgan fingerprint density at radius 1 is 1.47 bits per heavy atom. The molecule has 2 rings (SSSR count). The molecule has 1 aromatic carbocycles. The molecule has 5 heteroatoms. The van der Waals surface area contributed by atoms with Gasteiger partial charge in [-0.1, -0.05) is 11.6 Å². The second kappa shape index (κ2) is 6.26. The largest absolute Gasteiger partial charge is 0.465 e. The van der Waals surface area contributed by atoms with Gasteiger partial charge >= 0.3 is 5.97 Å². The molecule has 1 aliphatic rings. The van der Waals surface area contributed by atoms with Gasteiger partial charge in [0.1, 0.15) is 0 Å². The molecule has 1 aromatic rings. The Balaban J connectivity index is 2.18. The maximum Gasteiger partial charge on any atom is 0.339 e. The van der Waals surface area contributed by atoms with E-state index in [9.17, 15) is 4.79 Å². The lowest BCUT2D eigenvalue weighted by Gasteiger charge is -2.28. The number of esters is 1. The number of ether oxygens (including phenoxy) is 1. The summed E-state index contributed by atoms with van der Waals surface area (Å²) in [6, 6.07) is 5.64. The quantitative estimate of drug-likeness (QED) is 0.837. The van der Waals surface area contributed by atoms with Crippen LogP contribution < -0.4 is 11.1 Å². The Labute approximate surface area is 118 Å². The van der Waals surface area contributed by atoms with Crippen molar-refractivity contribution >= 4 is 23.3 Å². The van der Waals surface area contributed by atoms with Gasteiger partial charge in [-0.05, 0) is 43.9 Å². The van der Waals surface area contributed by atoms with E-state index in [0.717, 1.165) is 31.4 Å². The van der Waals surface area contributed by atoms with Gasteiger partial charge in [-0.15, -0.1) is 0 Å². The number of carbonyl (C=O) groups is 1. The summed E-state index contributed by atoms with van der Waals surface area (Å²) in [6.07, 6.45) is 4.14. The van der Waals surface area contributed by atoms with Crippen molar-refractivity contribution in [3.63, 3.8) is 0 Å². The molecule has 0 aliphatic heterocycles. The van der Waals surface area contributed by atoms with Crippen LogP contribution in [0.1, 0.15) is 36.0 Å². The third-order valence-electron chi connectivity index (χ3n) is 3.46. The van der Waals surface area contributed by atoms with Gasteiger partial charge in [-0.3, -0.25) is 0 Å². The van der Waals surface area contributed by atoms with Crippen molar-refractivity contribution in [1.29, 1.82) is 0 Å². The molecule has 0 spiro atoms. The number of benzene rings is 1. The standard InChI is InChI=1S/C14H19ClN2O2/c1-19-14(18)12-6-5-9(15)7-13(12)17-11-4-2-3-10(16)8-11/h5-7,10-11,17H,2-4,8,16H2,1H3. The number of hydrogen-bond acceptors (Lipinski definition) is 4. The van der Waals surface area contributed by atoms with E-state index in [-0.39, 0.29) is 18.1 Å². The average molecular weight is 283 g/mol. The van der Waals surface area contributed by atoms with Crippen LogP contribution in [-0.2, 0) is 4.74 Å². The van der Waals surface area contributed by atoms with E-state index in [1.165, 1.54) is 7.11 Å². The second-order valence-electron chi connectivity index (χ2n) is 4.95.